The minimum atomic E-state index is -0.252. The molecule has 0 aromatic carbocycles. The van der Waals surface area contributed by atoms with Gasteiger partial charge in [-0.05, 0) is 24.6 Å². The van der Waals surface area contributed by atoms with Gasteiger partial charge in [0.05, 0.1) is 6.04 Å². The Hall–Kier alpha value is -0.970. The van der Waals surface area contributed by atoms with Gasteiger partial charge in [-0.3, -0.25) is 4.98 Å². The van der Waals surface area contributed by atoms with Crippen LogP contribution in [0.1, 0.15) is 25.1 Å². The standard InChI is InChI=1S/C14H24N2O2/c1-5-11-7-8-12(16-10-11)9-13(15-6-2)14(17-3)18-4/h7-8,10,13-15H,5-6,9H2,1-4H3. The molecule has 1 aromatic heterocycles. The molecule has 0 aliphatic heterocycles. The highest BCUT2D eigenvalue weighted by molar-refractivity contribution is 5.14. The molecule has 1 atom stereocenters. The van der Waals surface area contributed by atoms with E-state index < -0.39 is 0 Å². The third-order valence-electron chi connectivity index (χ3n) is 2.98. The van der Waals surface area contributed by atoms with E-state index in [1.807, 2.05) is 6.20 Å². The van der Waals surface area contributed by atoms with E-state index >= 15 is 0 Å². The molecular formula is C14H24N2O2. The van der Waals surface area contributed by atoms with Crippen molar-refractivity contribution < 1.29 is 9.47 Å². The number of aromatic nitrogens is 1. The van der Waals surface area contributed by atoms with Crippen LogP contribution in [0.25, 0.3) is 0 Å². The van der Waals surface area contributed by atoms with Crippen molar-refractivity contribution in [1.29, 1.82) is 0 Å². The highest BCUT2D eigenvalue weighted by Gasteiger charge is 2.20. The lowest BCUT2D eigenvalue weighted by Crippen LogP contribution is -2.43. The number of nitrogens with one attached hydrogen (secondary N) is 1. The van der Waals surface area contributed by atoms with E-state index in [2.05, 4.69) is 36.3 Å². The monoisotopic (exact) mass is 252 g/mol. The summed E-state index contributed by atoms with van der Waals surface area (Å²) in [5, 5.41) is 3.37. The average molecular weight is 252 g/mol. The van der Waals surface area contributed by atoms with E-state index in [0.29, 0.717) is 0 Å². The van der Waals surface area contributed by atoms with Crippen LogP contribution in [-0.4, -0.2) is 38.1 Å². The Labute approximate surface area is 110 Å². The van der Waals surface area contributed by atoms with Crippen molar-refractivity contribution in [3.8, 4) is 0 Å². The lowest BCUT2D eigenvalue weighted by Gasteiger charge is -2.25. The molecule has 0 radical (unpaired) electrons. The van der Waals surface area contributed by atoms with Crippen molar-refractivity contribution in [2.24, 2.45) is 0 Å². The van der Waals surface area contributed by atoms with Crippen molar-refractivity contribution in [2.75, 3.05) is 20.8 Å². The molecule has 0 bridgehead atoms. The summed E-state index contributed by atoms with van der Waals surface area (Å²) in [5.41, 5.74) is 2.31. The van der Waals surface area contributed by atoms with Crippen LogP contribution in [0.4, 0.5) is 0 Å². The molecule has 4 nitrogen and oxygen atoms in total. The molecule has 0 saturated carbocycles. The molecular weight excluding hydrogens is 228 g/mol. The lowest BCUT2D eigenvalue weighted by molar-refractivity contribution is -0.122. The SMILES string of the molecule is CCNC(Cc1ccc(CC)cn1)C(OC)OC. The first kappa shape index (κ1) is 15.1. The third kappa shape index (κ3) is 4.37. The van der Waals surface area contributed by atoms with Crippen molar-refractivity contribution in [3.63, 3.8) is 0 Å². The smallest absolute Gasteiger partial charge is 0.172 e. The average Bonchev–Trinajstić information content (AvgIpc) is 2.41. The molecule has 0 aliphatic rings. The van der Waals surface area contributed by atoms with Crippen LogP contribution in [0.2, 0.25) is 0 Å². The fourth-order valence-corrected chi connectivity index (χ4v) is 1.96. The topological polar surface area (TPSA) is 43.4 Å². The van der Waals surface area contributed by atoms with Crippen LogP contribution in [0, 0.1) is 0 Å². The predicted octanol–water partition coefficient (Wildman–Crippen LogP) is 1.78. The maximum Gasteiger partial charge on any atom is 0.172 e. The van der Waals surface area contributed by atoms with Crippen molar-refractivity contribution in [2.45, 2.75) is 39.0 Å². The Morgan fingerprint density at radius 3 is 2.39 bits per heavy atom. The van der Waals surface area contributed by atoms with Gasteiger partial charge in [-0.1, -0.05) is 19.9 Å². The lowest BCUT2D eigenvalue weighted by atomic mass is 10.1. The summed E-state index contributed by atoms with van der Waals surface area (Å²) >= 11 is 0. The molecule has 102 valence electrons. The summed E-state index contributed by atoms with van der Waals surface area (Å²) in [7, 11) is 3.32. The number of rotatable bonds is 8. The number of likely N-dealkylation sites (N-methyl/N-ethyl adjacent to an activating group) is 1. The Bertz CT molecular complexity index is 323. The fraction of sp³-hybridized carbons (Fsp3) is 0.643. The van der Waals surface area contributed by atoms with E-state index in [4.69, 9.17) is 9.47 Å². The number of nitrogens with zero attached hydrogens (tertiary/aromatic N) is 1. The van der Waals surface area contributed by atoms with Gasteiger partial charge in [-0.15, -0.1) is 0 Å². The Balaban J connectivity index is 2.69. The van der Waals surface area contributed by atoms with Crippen LogP contribution in [0.15, 0.2) is 18.3 Å². The first-order valence-electron chi connectivity index (χ1n) is 6.47. The Morgan fingerprint density at radius 1 is 1.22 bits per heavy atom. The third-order valence-corrected chi connectivity index (χ3v) is 2.98. The highest BCUT2D eigenvalue weighted by Crippen LogP contribution is 2.08. The Morgan fingerprint density at radius 2 is 1.94 bits per heavy atom. The van der Waals surface area contributed by atoms with Crippen molar-refractivity contribution in [3.05, 3.63) is 29.6 Å². The van der Waals surface area contributed by atoms with Crippen LogP contribution in [0.5, 0.6) is 0 Å². The summed E-state index contributed by atoms with van der Waals surface area (Å²) in [6.07, 6.45) is 3.50. The largest absolute Gasteiger partial charge is 0.354 e. The molecule has 4 heteroatoms. The van der Waals surface area contributed by atoms with E-state index in [0.717, 1.165) is 25.1 Å². The number of hydrogen-bond acceptors (Lipinski definition) is 4. The highest BCUT2D eigenvalue weighted by atomic mass is 16.7. The van der Waals surface area contributed by atoms with Crippen molar-refractivity contribution >= 4 is 0 Å². The first-order chi connectivity index (χ1) is 8.74. The number of hydrogen-bond donors (Lipinski definition) is 1. The molecule has 1 heterocycles. The van der Waals surface area contributed by atoms with Crippen molar-refractivity contribution in [1.82, 2.24) is 10.3 Å². The van der Waals surface area contributed by atoms with Crippen LogP contribution in [0.3, 0.4) is 0 Å². The first-order valence-corrected chi connectivity index (χ1v) is 6.47. The molecule has 1 N–H and O–H groups in total. The molecule has 1 aromatic rings. The second-order valence-electron chi connectivity index (χ2n) is 4.22. The summed E-state index contributed by atoms with van der Waals surface area (Å²) in [6, 6.07) is 4.32. The minimum absolute atomic E-state index is 0.116. The maximum absolute atomic E-state index is 5.32. The Kier molecular flexibility index (Phi) is 6.86. The summed E-state index contributed by atoms with van der Waals surface area (Å²) in [5.74, 6) is 0. The second-order valence-corrected chi connectivity index (χ2v) is 4.22. The number of pyridine rings is 1. The zero-order valence-corrected chi connectivity index (χ0v) is 11.8. The van der Waals surface area contributed by atoms with Gasteiger partial charge < -0.3 is 14.8 Å². The summed E-state index contributed by atoms with van der Waals surface area (Å²) in [4.78, 5) is 4.47. The summed E-state index contributed by atoms with van der Waals surface area (Å²) in [6.45, 7) is 5.08. The van der Waals surface area contributed by atoms with Gasteiger partial charge in [0, 0.05) is 32.5 Å². The molecule has 0 saturated heterocycles. The quantitative estimate of drug-likeness (QED) is 0.716. The number of aryl methyl sites for hydroxylation is 1. The molecule has 1 unspecified atom stereocenters. The van der Waals surface area contributed by atoms with Gasteiger partial charge in [0.2, 0.25) is 0 Å². The van der Waals surface area contributed by atoms with E-state index in [-0.39, 0.29) is 12.3 Å². The zero-order valence-electron chi connectivity index (χ0n) is 11.8. The van der Waals surface area contributed by atoms with E-state index in [9.17, 15) is 0 Å². The maximum atomic E-state index is 5.32. The predicted molar refractivity (Wildman–Crippen MR) is 72.6 cm³/mol. The number of methoxy groups -OCH3 is 2. The van der Waals surface area contributed by atoms with Gasteiger partial charge in [0.25, 0.3) is 0 Å². The molecule has 18 heavy (non-hydrogen) atoms. The molecule has 0 spiro atoms. The molecule has 0 amide bonds. The molecule has 0 fully saturated rings. The van der Waals surface area contributed by atoms with E-state index in [1.165, 1.54) is 5.56 Å². The van der Waals surface area contributed by atoms with Gasteiger partial charge in [0.1, 0.15) is 0 Å². The van der Waals surface area contributed by atoms with Crippen LogP contribution >= 0.6 is 0 Å². The van der Waals surface area contributed by atoms with Gasteiger partial charge in [0.15, 0.2) is 6.29 Å². The van der Waals surface area contributed by atoms with Crippen LogP contribution in [-0.2, 0) is 22.3 Å². The van der Waals surface area contributed by atoms with Gasteiger partial charge >= 0.3 is 0 Å². The van der Waals surface area contributed by atoms with Gasteiger partial charge in [-0.2, -0.15) is 0 Å². The molecule has 0 aliphatic carbocycles. The fourth-order valence-electron chi connectivity index (χ4n) is 1.96. The van der Waals surface area contributed by atoms with Gasteiger partial charge in [-0.25, -0.2) is 0 Å². The molecule has 1 rings (SSSR count). The number of ether oxygens (including phenoxy) is 2. The minimum Gasteiger partial charge on any atom is -0.354 e. The zero-order chi connectivity index (χ0) is 13.4. The normalized spacial score (nSPS) is 12.9. The second kappa shape index (κ2) is 8.19. The summed E-state index contributed by atoms with van der Waals surface area (Å²) < 4.78 is 10.6. The van der Waals surface area contributed by atoms with E-state index in [1.54, 1.807) is 14.2 Å². The van der Waals surface area contributed by atoms with Crippen LogP contribution < -0.4 is 5.32 Å².